The van der Waals surface area contributed by atoms with Crippen LogP contribution in [0.5, 0.6) is 5.75 Å². The van der Waals surface area contributed by atoms with E-state index in [9.17, 15) is 4.79 Å². The topological polar surface area (TPSA) is 36.0 Å². The van der Waals surface area contributed by atoms with E-state index in [-0.39, 0.29) is 5.92 Å². The summed E-state index contributed by atoms with van der Waals surface area (Å²) in [6, 6.07) is 8.76. The molecule has 2 fully saturated rings. The molecule has 0 N–H and O–H groups in total. The minimum Gasteiger partial charge on any atom is -0.495 e. The Labute approximate surface area is 151 Å². The summed E-state index contributed by atoms with van der Waals surface area (Å²) in [5, 5.41) is 0. The van der Waals surface area contributed by atoms with E-state index < -0.39 is 0 Å². The number of carbonyl (C=O) groups excluding carboxylic acids is 1. The van der Waals surface area contributed by atoms with E-state index in [0.29, 0.717) is 11.9 Å². The first-order chi connectivity index (χ1) is 12.1. The third-order valence-electron chi connectivity index (χ3n) is 5.46. The minimum absolute atomic E-state index is 0.0983. The maximum atomic E-state index is 12.3. The van der Waals surface area contributed by atoms with Crippen LogP contribution < -0.4 is 9.64 Å². The fraction of sp³-hybridized carbons (Fsp3) is 0.650. The molecule has 2 aliphatic rings. The SMILES string of the molecule is COc1ccccc1N1CCN(C2CCCN(C(=O)C(C)C)C2)CC1. The van der Waals surface area contributed by atoms with Crippen LogP contribution in [0.1, 0.15) is 26.7 Å². The molecule has 1 aromatic carbocycles. The fourth-order valence-corrected chi connectivity index (χ4v) is 4.04. The fourth-order valence-electron chi connectivity index (χ4n) is 4.04. The molecule has 0 radical (unpaired) electrons. The van der Waals surface area contributed by atoms with Crippen molar-refractivity contribution in [3.63, 3.8) is 0 Å². The molecule has 25 heavy (non-hydrogen) atoms. The first kappa shape index (κ1) is 18.1. The summed E-state index contributed by atoms with van der Waals surface area (Å²) in [6.45, 7) is 9.93. The maximum absolute atomic E-state index is 12.3. The molecule has 2 aliphatic heterocycles. The largest absolute Gasteiger partial charge is 0.495 e. The minimum atomic E-state index is 0.0983. The molecule has 5 nitrogen and oxygen atoms in total. The van der Waals surface area contributed by atoms with E-state index >= 15 is 0 Å². The number of likely N-dealkylation sites (tertiary alicyclic amines) is 1. The third kappa shape index (κ3) is 4.09. The van der Waals surface area contributed by atoms with E-state index in [1.165, 1.54) is 12.1 Å². The molecule has 1 unspecified atom stereocenters. The highest BCUT2D eigenvalue weighted by atomic mass is 16.5. The van der Waals surface area contributed by atoms with Crippen LogP contribution in [0, 0.1) is 5.92 Å². The zero-order chi connectivity index (χ0) is 17.8. The molecule has 2 heterocycles. The van der Waals surface area contributed by atoms with Crippen molar-refractivity contribution in [2.75, 3.05) is 51.3 Å². The van der Waals surface area contributed by atoms with Crippen molar-refractivity contribution in [3.05, 3.63) is 24.3 Å². The molecule has 3 rings (SSSR count). The lowest BCUT2D eigenvalue weighted by molar-refractivity contribution is -0.136. The number of rotatable bonds is 4. The lowest BCUT2D eigenvalue weighted by Gasteiger charge is -2.44. The smallest absolute Gasteiger partial charge is 0.225 e. The van der Waals surface area contributed by atoms with Crippen molar-refractivity contribution >= 4 is 11.6 Å². The number of benzene rings is 1. The number of amides is 1. The van der Waals surface area contributed by atoms with Crippen LogP contribution in [0.25, 0.3) is 0 Å². The van der Waals surface area contributed by atoms with Gasteiger partial charge < -0.3 is 14.5 Å². The Hall–Kier alpha value is -1.75. The lowest BCUT2D eigenvalue weighted by Crippen LogP contribution is -2.56. The molecular formula is C20H31N3O2. The summed E-state index contributed by atoms with van der Waals surface area (Å²) in [5.74, 6) is 1.35. The van der Waals surface area contributed by atoms with Gasteiger partial charge in [-0.3, -0.25) is 9.69 Å². The Balaban J connectivity index is 1.58. The Morgan fingerprint density at radius 1 is 1.12 bits per heavy atom. The van der Waals surface area contributed by atoms with E-state index in [4.69, 9.17) is 4.74 Å². The van der Waals surface area contributed by atoms with Gasteiger partial charge in [-0.05, 0) is 25.0 Å². The molecule has 1 aromatic rings. The van der Waals surface area contributed by atoms with Gasteiger partial charge in [0.15, 0.2) is 0 Å². The quantitative estimate of drug-likeness (QED) is 0.840. The van der Waals surface area contributed by atoms with Gasteiger partial charge in [0.05, 0.1) is 12.8 Å². The van der Waals surface area contributed by atoms with Gasteiger partial charge in [0.2, 0.25) is 5.91 Å². The molecule has 0 aromatic heterocycles. The van der Waals surface area contributed by atoms with Crippen LogP contribution >= 0.6 is 0 Å². The predicted octanol–water partition coefficient (Wildman–Crippen LogP) is 2.46. The molecular weight excluding hydrogens is 314 g/mol. The second-order valence-corrected chi connectivity index (χ2v) is 7.43. The number of hydrogen-bond donors (Lipinski definition) is 0. The first-order valence-electron chi connectivity index (χ1n) is 9.51. The zero-order valence-electron chi connectivity index (χ0n) is 15.8. The Morgan fingerprint density at radius 3 is 2.52 bits per heavy atom. The molecule has 138 valence electrons. The molecule has 0 aliphatic carbocycles. The van der Waals surface area contributed by atoms with Gasteiger partial charge in [0.1, 0.15) is 5.75 Å². The maximum Gasteiger partial charge on any atom is 0.225 e. The molecule has 0 bridgehead atoms. The van der Waals surface area contributed by atoms with Crippen LogP contribution in [0.4, 0.5) is 5.69 Å². The van der Waals surface area contributed by atoms with Gasteiger partial charge in [-0.25, -0.2) is 0 Å². The standard InChI is InChI=1S/C20H31N3O2/c1-16(2)20(24)23-10-6-7-17(15-23)21-11-13-22(14-12-21)18-8-4-5-9-19(18)25-3/h4-5,8-9,16-17H,6-7,10-15H2,1-3H3. The average Bonchev–Trinajstić information content (AvgIpc) is 2.67. The number of para-hydroxylation sites is 2. The van der Waals surface area contributed by atoms with Crippen LogP contribution in [-0.2, 0) is 4.79 Å². The number of ether oxygens (including phenoxy) is 1. The molecule has 2 saturated heterocycles. The normalized spacial score (nSPS) is 22.3. The van der Waals surface area contributed by atoms with Crippen molar-refractivity contribution in [1.29, 1.82) is 0 Å². The third-order valence-corrected chi connectivity index (χ3v) is 5.46. The second-order valence-electron chi connectivity index (χ2n) is 7.43. The Kier molecular flexibility index (Phi) is 5.84. The molecule has 1 amide bonds. The summed E-state index contributed by atoms with van der Waals surface area (Å²) >= 11 is 0. The number of methoxy groups -OCH3 is 1. The highest BCUT2D eigenvalue weighted by Crippen LogP contribution is 2.29. The van der Waals surface area contributed by atoms with E-state index in [1.807, 2.05) is 26.0 Å². The van der Waals surface area contributed by atoms with Gasteiger partial charge >= 0.3 is 0 Å². The highest BCUT2D eigenvalue weighted by molar-refractivity contribution is 5.78. The number of anilines is 1. The zero-order valence-corrected chi connectivity index (χ0v) is 15.8. The van der Waals surface area contributed by atoms with E-state index in [2.05, 4.69) is 26.8 Å². The van der Waals surface area contributed by atoms with Crippen molar-refractivity contribution < 1.29 is 9.53 Å². The molecule has 0 spiro atoms. The molecule has 5 heteroatoms. The van der Waals surface area contributed by atoms with E-state index in [0.717, 1.165) is 51.4 Å². The van der Waals surface area contributed by atoms with Gasteiger partial charge in [0.25, 0.3) is 0 Å². The Morgan fingerprint density at radius 2 is 1.84 bits per heavy atom. The predicted molar refractivity (Wildman–Crippen MR) is 101 cm³/mol. The van der Waals surface area contributed by atoms with Crippen LogP contribution in [0.3, 0.4) is 0 Å². The lowest BCUT2D eigenvalue weighted by atomic mass is 10.0. The van der Waals surface area contributed by atoms with Gasteiger partial charge in [-0.15, -0.1) is 0 Å². The summed E-state index contributed by atoms with van der Waals surface area (Å²) < 4.78 is 5.51. The van der Waals surface area contributed by atoms with Crippen LogP contribution in [0.15, 0.2) is 24.3 Å². The molecule has 0 saturated carbocycles. The number of piperazine rings is 1. The average molecular weight is 345 g/mol. The Bertz CT molecular complexity index is 582. The van der Waals surface area contributed by atoms with Crippen molar-refractivity contribution in [2.24, 2.45) is 5.92 Å². The monoisotopic (exact) mass is 345 g/mol. The van der Waals surface area contributed by atoms with Gasteiger partial charge in [0, 0.05) is 51.2 Å². The highest BCUT2D eigenvalue weighted by Gasteiger charge is 2.31. The van der Waals surface area contributed by atoms with Crippen molar-refractivity contribution in [3.8, 4) is 5.75 Å². The summed E-state index contributed by atoms with van der Waals surface area (Å²) in [7, 11) is 1.73. The summed E-state index contributed by atoms with van der Waals surface area (Å²) in [4.78, 5) is 19.4. The number of nitrogens with zero attached hydrogens (tertiary/aromatic N) is 3. The summed E-state index contributed by atoms with van der Waals surface area (Å²) in [5.41, 5.74) is 1.19. The number of carbonyl (C=O) groups is 1. The number of piperidine rings is 1. The van der Waals surface area contributed by atoms with Crippen molar-refractivity contribution in [1.82, 2.24) is 9.80 Å². The van der Waals surface area contributed by atoms with E-state index in [1.54, 1.807) is 7.11 Å². The van der Waals surface area contributed by atoms with Gasteiger partial charge in [-0.1, -0.05) is 26.0 Å². The van der Waals surface area contributed by atoms with Crippen LogP contribution in [-0.4, -0.2) is 68.1 Å². The summed E-state index contributed by atoms with van der Waals surface area (Å²) in [6.07, 6.45) is 2.33. The molecule has 1 atom stereocenters. The van der Waals surface area contributed by atoms with Crippen molar-refractivity contribution in [2.45, 2.75) is 32.7 Å². The van der Waals surface area contributed by atoms with Gasteiger partial charge in [-0.2, -0.15) is 0 Å². The second kappa shape index (κ2) is 8.09. The number of hydrogen-bond acceptors (Lipinski definition) is 4. The van der Waals surface area contributed by atoms with Crippen LogP contribution in [0.2, 0.25) is 0 Å². The first-order valence-corrected chi connectivity index (χ1v) is 9.51.